The predicted molar refractivity (Wildman–Crippen MR) is 110 cm³/mol. The van der Waals surface area contributed by atoms with E-state index in [9.17, 15) is 14.4 Å². The molecule has 0 unspecified atom stereocenters. The second-order valence-electron chi connectivity index (χ2n) is 5.74. The zero-order valence-corrected chi connectivity index (χ0v) is 17.3. The minimum Gasteiger partial charge on any atom is -0.452 e. The van der Waals surface area contributed by atoms with Crippen molar-refractivity contribution in [2.24, 2.45) is 0 Å². The summed E-state index contributed by atoms with van der Waals surface area (Å²) >= 11 is 2.58. The van der Waals surface area contributed by atoms with E-state index in [1.807, 2.05) is 13.0 Å². The van der Waals surface area contributed by atoms with Gasteiger partial charge in [0.05, 0.1) is 23.1 Å². The highest BCUT2D eigenvalue weighted by molar-refractivity contribution is 7.99. The minimum absolute atomic E-state index is 0.255. The Hall–Kier alpha value is -2.83. The number of ether oxygens (including phenoxy) is 1. The van der Waals surface area contributed by atoms with Crippen LogP contribution < -0.4 is 10.6 Å². The molecule has 0 atom stereocenters. The molecule has 7 nitrogen and oxygen atoms in total. The lowest BCUT2D eigenvalue weighted by atomic mass is 10.1. The van der Waals surface area contributed by atoms with E-state index in [0.717, 1.165) is 9.77 Å². The van der Waals surface area contributed by atoms with Crippen LogP contribution in [0.5, 0.6) is 0 Å². The zero-order valence-electron chi connectivity index (χ0n) is 15.6. The molecule has 28 heavy (non-hydrogen) atoms. The van der Waals surface area contributed by atoms with Gasteiger partial charge in [-0.15, -0.1) is 23.1 Å². The average Bonchev–Trinajstić information content (AvgIpc) is 2.92. The van der Waals surface area contributed by atoms with E-state index in [4.69, 9.17) is 10.00 Å². The number of hydrogen-bond donors (Lipinski definition) is 2. The second kappa shape index (κ2) is 9.92. The number of para-hydroxylation sites is 1. The Morgan fingerprint density at radius 2 is 1.93 bits per heavy atom. The van der Waals surface area contributed by atoms with Crippen LogP contribution in [0.15, 0.2) is 29.2 Å². The van der Waals surface area contributed by atoms with E-state index in [1.54, 1.807) is 31.2 Å². The third-order valence-electron chi connectivity index (χ3n) is 3.67. The van der Waals surface area contributed by atoms with Crippen molar-refractivity contribution in [1.29, 1.82) is 5.26 Å². The number of esters is 1. The molecule has 1 heterocycles. The first kappa shape index (κ1) is 21.5. The smallest absolute Gasteiger partial charge is 0.341 e. The van der Waals surface area contributed by atoms with Gasteiger partial charge in [0.15, 0.2) is 6.61 Å². The third kappa shape index (κ3) is 5.58. The van der Waals surface area contributed by atoms with Gasteiger partial charge < -0.3 is 15.4 Å². The number of nitrogens with zero attached hydrogens (tertiary/aromatic N) is 1. The molecular formula is C19H19N3O4S2. The fraction of sp³-hybridized carbons (Fsp3) is 0.263. The van der Waals surface area contributed by atoms with Crippen molar-refractivity contribution in [2.75, 3.05) is 23.0 Å². The summed E-state index contributed by atoms with van der Waals surface area (Å²) in [5, 5.41) is 14.4. The van der Waals surface area contributed by atoms with E-state index in [1.165, 1.54) is 30.0 Å². The average molecular weight is 418 g/mol. The number of aryl methyl sites for hydroxylation is 1. The molecule has 2 N–H and O–H groups in total. The van der Waals surface area contributed by atoms with Gasteiger partial charge in [-0.2, -0.15) is 5.26 Å². The molecule has 0 saturated heterocycles. The van der Waals surface area contributed by atoms with Crippen molar-refractivity contribution >= 4 is 51.6 Å². The molecule has 0 radical (unpaired) electrons. The van der Waals surface area contributed by atoms with E-state index in [0.29, 0.717) is 16.3 Å². The molecular weight excluding hydrogens is 398 g/mol. The maximum atomic E-state index is 12.5. The summed E-state index contributed by atoms with van der Waals surface area (Å²) in [5.74, 6) is -1.21. The number of hydrogen-bond acceptors (Lipinski definition) is 7. The Kier molecular flexibility index (Phi) is 7.61. The maximum absolute atomic E-state index is 12.5. The van der Waals surface area contributed by atoms with Gasteiger partial charge in [-0.3, -0.25) is 9.59 Å². The summed E-state index contributed by atoms with van der Waals surface area (Å²) < 4.78 is 5.14. The topological polar surface area (TPSA) is 108 Å². The SMILES string of the molecule is CC(=O)Nc1sc(C)c(C)c1C(=O)OCC(=O)Nc1ccccc1SCC#N. The van der Waals surface area contributed by atoms with Crippen LogP contribution in [0.25, 0.3) is 0 Å². The quantitative estimate of drug-likeness (QED) is 0.525. The molecule has 0 saturated carbocycles. The third-order valence-corrected chi connectivity index (χ3v) is 5.73. The lowest BCUT2D eigenvalue weighted by Crippen LogP contribution is -2.22. The largest absolute Gasteiger partial charge is 0.452 e. The van der Waals surface area contributed by atoms with Crippen LogP contribution in [0.2, 0.25) is 0 Å². The van der Waals surface area contributed by atoms with Crippen LogP contribution in [0.3, 0.4) is 0 Å². The predicted octanol–water partition coefficient (Wildman–Crippen LogP) is 3.73. The number of anilines is 2. The van der Waals surface area contributed by atoms with Gasteiger partial charge in [0.2, 0.25) is 5.91 Å². The number of nitriles is 1. The number of carbonyl (C=O) groups excluding carboxylic acids is 3. The highest BCUT2D eigenvalue weighted by atomic mass is 32.2. The maximum Gasteiger partial charge on any atom is 0.341 e. The molecule has 9 heteroatoms. The van der Waals surface area contributed by atoms with Crippen LogP contribution in [0.4, 0.5) is 10.7 Å². The molecule has 0 fully saturated rings. The van der Waals surface area contributed by atoms with Gasteiger partial charge >= 0.3 is 5.97 Å². The molecule has 0 aliphatic carbocycles. The summed E-state index contributed by atoms with van der Waals surface area (Å²) in [6.45, 7) is 4.49. The number of thioether (sulfide) groups is 1. The summed E-state index contributed by atoms with van der Waals surface area (Å²) in [6, 6.07) is 9.10. The van der Waals surface area contributed by atoms with Gasteiger partial charge in [-0.05, 0) is 31.5 Å². The first-order valence-corrected chi connectivity index (χ1v) is 10.1. The molecule has 2 aromatic rings. The van der Waals surface area contributed by atoms with Crippen LogP contribution in [-0.2, 0) is 14.3 Å². The fourth-order valence-corrected chi connectivity index (χ4v) is 4.08. The van der Waals surface area contributed by atoms with Gasteiger partial charge in [-0.1, -0.05) is 12.1 Å². The summed E-state index contributed by atoms with van der Waals surface area (Å²) in [7, 11) is 0. The number of benzene rings is 1. The Morgan fingerprint density at radius 1 is 1.21 bits per heavy atom. The van der Waals surface area contributed by atoms with Crippen molar-refractivity contribution in [1.82, 2.24) is 0 Å². The Morgan fingerprint density at radius 3 is 2.61 bits per heavy atom. The summed E-state index contributed by atoms with van der Waals surface area (Å²) in [5.41, 5.74) is 1.51. The van der Waals surface area contributed by atoms with E-state index >= 15 is 0 Å². The van der Waals surface area contributed by atoms with Crippen LogP contribution in [-0.4, -0.2) is 30.1 Å². The van der Waals surface area contributed by atoms with Gasteiger partial charge in [0.25, 0.3) is 5.91 Å². The lowest BCUT2D eigenvalue weighted by molar-refractivity contribution is -0.119. The number of rotatable bonds is 7. The lowest BCUT2D eigenvalue weighted by Gasteiger charge is -2.10. The van der Waals surface area contributed by atoms with Crippen molar-refractivity contribution in [2.45, 2.75) is 25.7 Å². The number of carbonyl (C=O) groups is 3. The van der Waals surface area contributed by atoms with Gasteiger partial charge in [0.1, 0.15) is 5.00 Å². The van der Waals surface area contributed by atoms with Crippen LogP contribution in [0.1, 0.15) is 27.7 Å². The Labute approximate surface area is 171 Å². The first-order valence-electron chi connectivity index (χ1n) is 8.26. The molecule has 2 rings (SSSR count). The summed E-state index contributed by atoms with van der Waals surface area (Å²) in [4.78, 5) is 37.6. The molecule has 2 amide bonds. The summed E-state index contributed by atoms with van der Waals surface area (Å²) in [6.07, 6.45) is 0. The van der Waals surface area contributed by atoms with Crippen LogP contribution in [0, 0.1) is 25.2 Å². The highest BCUT2D eigenvalue weighted by Crippen LogP contribution is 2.33. The monoisotopic (exact) mass is 417 g/mol. The Bertz CT molecular complexity index is 947. The highest BCUT2D eigenvalue weighted by Gasteiger charge is 2.22. The van der Waals surface area contributed by atoms with Crippen molar-refractivity contribution in [3.8, 4) is 6.07 Å². The number of amides is 2. The molecule has 0 bridgehead atoms. The van der Waals surface area contributed by atoms with E-state index in [-0.39, 0.29) is 17.2 Å². The van der Waals surface area contributed by atoms with Crippen molar-refractivity contribution in [3.63, 3.8) is 0 Å². The standard InChI is InChI=1S/C19H19N3O4S2/c1-11-12(2)28-18(21-13(3)23)17(11)19(25)26-10-16(24)22-14-6-4-5-7-15(14)27-9-8-20/h4-7H,9-10H2,1-3H3,(H,21,23)(H,22,24). The zero-order chi connectivity index (χ0) is 20.7. The van der Waals surface area contributed by atoms with Crippen LogP contribution >= 0.6 is 23.1 Å². The fourth-order valence-electron chi connectivity index (χ4n) is 2.32. The van der Waals surface area contributed by atoms with Crippen molar-refractivity contribution < 1.29 is 19.1 Å². The first-order chi connectivity index (χ1) is 13.3. The van der Waals surface area contributed by atoms with Crippen molar-refractivity contribution in [3.05, 3.63) is 40.3 Å². The molecule has 1 aromatic carbocycles. The molecule has 0 spiro atoms. The molecule has 0 aliphatic heterocycles. The van der Waals surface area contributed by atoms with Gasteiger partial charge in [-0.25, -0.2) is 4.79 Å². The normalized spacial score (nSPS) is 10.1. The van der Waals surface area contributed by atoms with E-state index in [2.05, 4.69) is 10.6 Å². The van der Waals surface area contributed by atoms with E-state index < -0.39 is 18.5 Å². The molecule has 0 aliphatic rings. The van der Waals surface area contributed by atoms with Gasteiger partial charge in [0, 0.05) is 16.7 Å². The minimum atomic E-state index is -0.673. The Balaban J connectivity index is 2.03. The molecule has 146 valence electrons. The second-order valence-corrected chi connectivity index (χ2v) is 7.98. The molecule has 1 aromatic heterocycles. The number of nitrogens with one attached hydrogen (secondary N) is 2. The number of thiophene rings is 1.